The molecule has 2 atom stereocenters. The zero-order valence-corrected chi connectivity index (χ0v) is 19.9. The number of aliphatic hydroxyl groups excluding tert-OH is 1. The molecule has 0 spiro atoms. The van der Waals surface area contributed by atoms with Crippen molar-refractivity contribution in [2.75, 3.05) is 12.9 Å². The molecule has 1 aromatic rings. The van der Waals surface area contributed by atoms with E-state index in [1.54, 1.807) is 12.1 Å². The third kappa shape index (κ3) is 11.6. The summed E-state index contributed by atoms with van der Waals surface area (Å²) in [5, 5.41) is 19.6. The zero-order chi connectivity index (χ0) is 22.0. The largest absolute Gasteiger partial charge is 0.469 e. The van der Waals surface area contributed by atoms with Crippen molar-refractivity contribution in [2.24, 2.45) is 0 Å². The number of carbonyl (C=O) groups is 1. The van der Waals surface area contributed by atoms with Gasteiger partial charge in [-0.2, -0.15) is 17.0 Å². The molecule has 0 saturated heterocycles. The maximum Gasteiger partial charge on any atom is 0.306 e. The first-order valence-electron chi connectivity index (χ1n) is 10.8. The number of nitriles is 1. The summed E-state index contributed by atoms with van der Waals surface area (Å²) in [6, 6.07) is 5.63. The summed E-state index contributed by atoms with van der Waals surface area (Å²) >= 11 is 2.82. The number of hydrogen-bond acceptors (Lipinski definition) is 6. The summed E-state index contributed by atoms with van der Waals surface area (Å²) in [4.78, 5) is 12.7. The van der Waals surface area contributed by atoms with Gasteiger partial charge < -0.3 is 9.84 Å². The number of hydrogen-bond donors (Lipinski definition) is 1. The fourth-order valence-electron chi connectivity index (χ4n) is 2.93. The minimum atomic E-state index is -0.715. The molecule has 1 heterocycles. The van der Waals surface area contributed by atoms with Crippen molar-refractivity contribution in [1.29, 1.82) is 5.26 Å². The number of unbranched alkanes of at least 4 members (excludes halogenated alkanes) is 7. The van der Waals surface area contributed by atoms with Gasteiger partial charge in [-0.3, -0.25) is 4.79 Å². The predicted octanol–water partition coefficient (Wildman–Crippen LogP) is 6.57. The number of thiophene rings is 1. The smallest absolute Gasteiger partial charge is 0.306 e. The second-order valence-electron chi connectivity index (χ2n) is 7.14. The number of rotatable bonds is 16. The number of aliphatic hydroxyl groups is 1. The molecule has 1 rings (SSSR count). The van der Waals surface area contributed by atoms with Crippen LogP contribution in [0.1, 0.15) is 80.6 Å². The van der Waals surface area contributed by atoms with E-state index >= 15 is 0 Å². The predicted molar refractivity (Wildman–Crippen MR) is 128 cm³/mol. The first kappa shape index (κ1) is 26.5. The SMILES string of the molecule is CCCCCCCCCC=CC=C[C@@H](SCCC(=O)OC)[C@H](O)c1ccc(C#N)s1. The lowest BCUT2D eigenvalue weighted by atomic mass is 10.1. The van der Waals surface area contributed by atoms with E-state index in [1.807, 2.05) is 18.2 Å². The van der Waals surface area contributed by atoms with E-state index in [9.17, 15) is 9.90 Å². The Kier molecular flexibility index (Phi) is 15.2. The fraction of sp³-hybridized carbons (Fsp3) is 0.583. The lowest BCUT2D eigenvalue weighted by Gasteiger charge is -2.18. The minimum Gasteiger partial charge on any atom is -0.469 e. The third-order valence-electron chi connectivity index (χ3n) is 4.71. The van der Waals surface area contributed by atoms with Gasteiger partial charge in [0.2, 0.25) is 0 Å². The zero-order valence-electron chi connectivity index (χ0n) is 18.2. The molecule has 0 aliphatic heterocycles. The van der Waals surface area contributed by atoms with Crippen LogP contribution in [0, 0.1) is 11.3 Å². The molecule has 0 saturated carbocycles. The van der Waals surface area contributed by atoms with Crippen molar-refractivity contribution in [2.45, 2.75) is 76.1 Å². The van der Waals surface area contributed by atoms with Gasteiger partial charge in [-0.1, -0.05) is 69.8 Å². The monoisotopic (exact) mass is 449 g/mol. The molecule has 0 aromatic carbocycles. The van der Waals surface area contributed by atoms with Crippen molar-refractivity contribution in [3.63, 3.8) is 0 Å². The van der Waals surface area contributed by atoms with Crippen LogP contribution in [0.5, 0.6) is 0 Å². The molecule has 0 fully saturated rings. The number of carbonyl (C=O) groups excluding carboxylic acids is 1. The molecule has 0 radical (unpaired) electrons. The van der Waals surface area contributed by atoms with Gasteiger partial charge >= 0.3 is 5.97 Å². The van der Waals surface area contributed by atoms with E-state index in [0.29, 0.717) is 17.1 Å². The molecule has 0 unspecified atom stereocenters. The van der Waals surface area contributed by atoms with Gasteiger partial charge in [-0.25, -0.2) is 0 Å². The molecule has 166 valence electrons. The topological polar surface area (TPSA) is 70.3 Å². The number of esters is 1. The van der Waals surface area contributed by atoms with Gasteiger partial charge in [-0.15, -0.1) is 11.3 Å². The molecule has 0 aliphatic carbocycles. The van der Waals surface area contributed by atoms with Crippen LogP contribution in [0.4, 0.5) is 0 Å². The van der Waals surface area contributed by atoms with E-state index < -0.39 is 6.10 Å². The minimum absolute atomic E-state index is 0.192. The first-order chi connectivity index (χ1) is 14.6. The van der Waals surface area contributed by atoms with Crippen molar-refractivity contribution >= 4 is 29.1 Å². The normalized spacial score (nSPS) is 13.5. The van der Waals surface area contributed by atoms with E-state index in [2.05, 4.69) is 23.8 Å². The van der Waals surface area contributed by atoms with Crippen molar-refractivity contribution in [3.8, 4) is 6.07 Å². The fourth-order valence-corrected chi connectivity index (χ4v) is 4.95. The van der Waals surface area contributed by atoms with Crippen LogP contribution in [-0.2, 0) is 9.53 Å². The average Bonchev–Trinajstić information content (AvgIpc) is 3.25. The van der Waals surface area contributed by atoms with Crippen LogP contribution in [-0.4, -0.2) is 29.2 Å². The van der Waals surface area contributed by atoms with Gasteiger partial charge in [0.15, 0.2) is 0 Å². The highest BCUT2D eigenvalue weighted by atomic mass is 32.2. The van der Waals surface area contributed by atoms with Crippen LogP contribution in [0.25, 0.3) is 0 Å². The number of nitrogens with zero attached hydrogens (tertiary/aromatic N) is 1. The Morgan fingerprint density at radius 1 is 1.23 bits per heavy atom. The van der Waals surface area contributed by atoms with Crippen molar-refractivity contribution < 1.29 is 14.6 Å². The van der Waals surface area contributed by atoms with Crippen molar-refractivity contribution in [1.82, 2.24) is 0 Å². The summed E-state index contributed by atoms with van der Waals surface area (Å²) in [6.45, 7) is 2.24. The Bertz CT molecular complexity index is 691. The molecular weight excluding hydrogens is 414 g/mol. The molecule has 0 bridgehead atoms. The van der Waals surface area contributed by atoms with Gasteiger partial charge in [0.05, 0.1) is 18.8 Å². The molecule has 1 N–H and O–H groups in total. The third-order valence-corrected chi connectivity index (χ3v) is 7.01. The number of ether oxygens (including phenoxy) is 1. The lowest BCUT2D eigenvalue weighted by Crippen LogP contribution is -2.13. The van der Waals surface area contributed by atoms with Crippen LogP contribution in [0.15, 0.2) is 36.4 Å². The molecule has 0 aliphatic rings. The van der Waals surface area contributed by atoms with E-state index in [-0.39, 0.29) is 11.2 Å². The first-order valence-corrected chi connectivity index (χ1v) is 12.7. The number of methoxy groups -OCH3 is 1. The van der Waals surface area contributed by atoms with Gasteiger partial charge in [0, 0.05) is 10.6 Å². The van der Waals surface area contributed by atoms with Crippen LogP contribution in [0.2, 0.25) is 0 Å². The quantitative estimate of drug-likeness (QED) is 0.175. The average molecular weight is 450 g/mol. The second kappa shape index (κ2) is 17.2. The van der Waals surface area contributed by atoms with Gasteiger partial charge in [0.25, 0.3) is 0 Å². The second-order valence-corrected chi connectivity index (χ2v) is 9.54. The summed E-state index contributed by atoms with van der Waals surface area (Å²) in [5.74, 6) is 0.314. The van der Waals surface area contributed by atoms with Gasteiger partial charge in [0.1, 0.15) is 17.1 Å². The highest BCUT2D eigenvalue weighted by Crippen LogP contribution is 2.32. The molecule has 1 aromatic heterocycles. The Balaban J connectivity index is 2.49. The molecule has 4 nitrogen and oxygen atoms in total. The van der Waals surface area contributed by atoms with E-state index in [0.717, 1.165) is 11.3 Å². The summed E-state index contributed by atoms with van der Waals surface area (Å²) in [5.41, 5.74) is 0. The highest BCUT2D eigenvalue weighted by molar-refractivity contribution is 8.00. The molecular formula is C24H35NO3S2. The summed E-state index contributed by atoms with van der Waals surface area (Å²) in [6.07, 6.45) is 17.9. The van der Waals surface area contributed by atoms with E-state index in [4.69, 9.17) is 5.26 Å². The Labute approximate surface area is 190 Å². The standard InChI is InChI=1S/C24H35NO3S2/c1-3-4-5-6-7-8-9-10-11-12-13-14-21(29-18-17-23(26)28-2)24(27)22-16-15-20(19-25)30-22/h11-16,21,24,27H,3-10,17-18H2,1-2H3/t21-,24+/m1/s1. The molecule has 6 heteroatoms. The Morgan fingerprint density at radius 2 is 1.97 bits per heavy atom. The maximum atomic E-state index is 11.4. The van der Waals surface area contributed by atoms with Crippen LogP contribution < -0.4 is 0 Å². The molecule has 30 heavy (non-hydrogen) atoms. The number of allylic oxidation sites excluding steroid dienone is 3. The van der Waals surface area contributed by atoms with Gasteiger partial charge in [-0.05, 0) is 25.0 Å². The highest BCUT2D eigenvalue weighted by Gasteiger charge is 2.21. The lowest BCUT2D eigenvalue weighted by molar-refractivity contribution is -0.140. The summed E-state index contributed by atoms with van der Waals surface area (Å²) in [7, 11) is 1.38. The Hall–Kier alpha value is -1.55. The van der Waals surface area contributed by atoms with Crippen molar-refractivity contribution in [3.05, 3.63) is 46.2 Å². The number of thioether (sulfide) groups is 1. The maximum absolute atomic E-state index is 11.4. The molecule has 0 amide bonds. The summed E-state index contributed by atoms with van der Waals surface area (Å²) < 4.78 is 4.69. The van der Waals surface area contributed by atoms with Crippen LogP contribution >= 0.6 is 23.1 Å². The van der Waals surface area contributed by atoms with Crippen LogP contribution in [0.3, 0.4) is 0 Å². The Morgan fingerprint density at radius 3 is 2.63 bits per heavy atom. The van der Waals surface area contributed by atoms with E-state index in [1.165, 1.54) is 75.2 Å².